The molecule has 0 radical (unpaired) electrons. The van der Waals surface area contributed by atoms with E-state index >= 15 is 0 Å². The van der Waals surface area contributed by atoms with E-state index in [9.17, 15) is 9.59 Å². The van der Waals surface area contributed by atoms with Gasteiger partial charge in [0.05, 0.1) is 5.69 Å². The average molecular weight is 346 g/mol. The van der Waals surface area contributed by atoms with E-state index in [0.29, 0.717) is 21.4 Å². The van der Waals surface area contributed by atoms with Crippen molar-refractivity contribution in [1.82, 2.24) is 10.3 Å². The summed E-state index contributed by atoms with van der Waals surface area (Å²) in [6.45, 7) is 7.69. The summed E-state index contributed by atoms with van der Waals surface area (Å²) in [7, 11) is 0. The number of hydrogen-bond donors (Lipinski definition) is 3. The number of carbonyl (C=O) groups is 2. The third-order valence-electron chi connectivity index (χ3n) is 3.52. The highest BCUT2D eigenvalue weighted by Crippen LogP contribution is 2.23. The van der Waals surface area contributed by atoms with Gasteiger partial charge in [-0.2, -0.15) is 0 Å². The van der Waals surface area contributed by atoms with Crippen molar-refractivity contribution in [3.63, 3.8) is 0 Å². The molecule has 1 unspecified atom stereocenters. The smallest absolute Gasteiger partial charge is 0.325 e. The zero-order valence-electron chi connectivity index (χ0n) is 14.3. The van der Waals surface area contributed by atoms with E-state index in [0.717, 1.165) is 12.0 Å². The van der Waals surface area contributed by atoms with Crippen molar-refractivity contribution in [3.05, 3.63) is 40.4 Å². The number of nitrogens with zero attached hydrogens (tertiary/aromatic N) is 1. The molecule has 128 valence electrons. The number of carbonyl (C=O) groups excluding carboxylic acids is 2. The zero-order valence-corrected chi connectivity index (χ0v) is 15.1. The molecule has 0 spiro atoms. The van der Waals surface area contributed by atoms with Gasteiger partial charge in [-0.3, -0.25) is 10.1 Å². The summed E-state index contributed by atoms with van der Waals surface area (Å²) in [6.07, 6.45) is 0.855. The van der Waals surface area contributed by atoms with Crippen LogP contribution in [0.15, 0.2) is 24.3 Å². The van der Waals surface area contributed by atoms with Crippen molar-refractivity contribution >= 4 is 34.1 Å². The molecule has 0 aliphatic carbocycles. The number of hydrogen-bond acceptors (Lipinski definition) is 4. The molecule has 1 atom stereocenters. The van der Waals surface area contributed by atoms with Gasteiger partial charge in [-0.25, -0.2) is 9.78 Å². The fraction of sp³-hybridized carbons (Fsp3) is 0.353. The number of aryl methyl sites for hydroxylation is 2. The molecule has 0 aliphatic heterocycles. The second-order valence-corrected chi connectivity index (χ2v) is 6.66. The van der Waals surface area contributed by atoms with Gasteiger partial charge in [-0.15, -0.1) is 0 Å². The summed E-state index contributed by atoms with van der Waals surface area (Å²) in [5.74, 6) is -0.161. The third-order valence-corrected chi connectivity index (χ3v) is 4.59. The maximum Gasteiger partial charge on any atom is 0.325 e. The Hall–Kier alpha value is -2.41. The molecule has 3 N–H and O–H groups in total. The number of thiazole rings is 1. The quantitative estimate of drug-likeness (QED) is 0.767. The second-order valence-electron chi connectivity index (χ2n) is 5.66. The van der Waals surface area contributed by atoms with Crippen LogP contribution in [0.4, 0.5) is 15.6 Å². The molecule has 0 saturated carbocycles. The van der Waals surface area contributed by atoms with Crippen molar-refractivity contribution in [2.45, 2.75) is 40.2 Å². The topological polar surface area (TPSA) is 83.1 Å². The van der Waals surface area contributed by atoms with Crippen LogP contribution >= 0.6 is 11.3 Å². The first-order valence-corrected chi connectivity index (χ1v) is 8.63. The minimum atomic E-state index is -0.388. The predicted octanol–water partition coefficient (Wildman–Crippen LogP) is 3.93. The van der Waals surface area contributed by atoms with Gasteiger partial charge in [-0.05, 0) is 39.3 Å². The highest BCUT2D eigenvalue weighted by molar-refractivity contribution is 7.17. The Bertz CT molecular complexity index is 725. The van der Waals surface area contributed by atoms with Crippen molar-refractivity contribution in [1.29, 1.82) is 0 Å². The minimum Gasteiger partial charge on any atom is -0.349 e. The summed E-state index contributed by atoms with van der Waals surface area (Å²) in [4.78, 5) is 29.0. The van der Waals surface area contributed by atoms with Gasteiger partial charge in [0.25, 0.3) is 5.91 Å². The fourth-order valence-electron chi connectivity index (χ4n) is 1.95. The Morgan fingerprint density at radius 1 is 1.17 bits per heavy atom. The molecule has 2 rings (SSSR count). The molecule has 2 aromatic rings. The normalized spacial score (nSPS) is 11.7. The first-order valence-electron chi connectivity index (χ1n) is 7.82. The van der Waals surface area contributed by atoms with Gasteiger partial charge in [0.2, 0.25) is 0 Å². The van der Waals surface area contributed by atoms with Crippen LogP contribution in [-0.4, -0.2) is 23.0 Å². The number of anilines is 2. The third kappa shape index (κ3) is 4.79. The van der Waals surface area contributed by atoms with Crippen LogP contribution in [0.2, 0.25) is 0 Å². The molecule has 1 aromatic carbocycles. The zero-order chi connectivity index (χ0) is 17.7. The van der Waals surface area contributed by atoms with Gasteiger partial charge in [0.1, 0.15) is 4.88 Å². The monoisotopic (exact) mass is 346 g/mol. The first-order chi connectivity index (χ1) is 11.4. The van der Waals surface area contributed by atoms with Crippen molar-refractivity contribution in [3.8, 4) is 0 Å². The van der Waals surface area contributed by atoms with Crippen molar-refractivity contribution in [2.24, 2.45) is 0 Å². The van der Waals surface area contributed by atoms with Crippen molar-refractivity contribution in [2.75, 3.05) is 10.6 Å². The number of amides is 3. The Balaban J connectivity index is 2.00. The van der Waals surface area contributed by atoms with E-state index in [1.807, 2.05) is 45.0 Å². The van der Waals surface area contributed by atoms with Gasteiger partial charge in [0.15, 0.2) is 5.13 Å². The number of rotatable bonds is 5. The molecular formula is C17H22N4O2S. The highest BCUT2D eigenvalue weighted by Gasteiger charge is 2.17. The predicted molar refractivity (Wildman–Crippen MR) is 97.9 cm³/mol. The molecule has 0 saturated heterocycles. The largest absolute Gasteiger partial charge is 0.349 e. The van der Waals surface area contributed by atoms with Crippen LogP contribution in [-0.2, 0) is 0 Å². The molecule has 1 heterocycles. The Morgan fingerprint density at radius 2 is 1.83 bits per heavy atom. The molecule has 1 aromatic heterocycles. The molecule has 7 heteroatoms. The van der Waals surface area contributed by atoms with E-state index in [1.54, 1.807) is 6.92 Å². The molecule has 0 fully saturated rings. The molecule has 0 aliphatic rings. The Morgan fingerprint density at radius 3 is 2.46 bits per heavy atom. The van der Waals surface area contributed by atoms with E-state index in [2.05, 4.69) is 20.9 Å². The number of urea groups is 1. The molecule has 0 bridgehead atoms. The summed E-state index contributed by atoms with van der Waals surface area (Å²) in [5.41, 5.74) is 2.42. The Kier molecular flexibility index (Phi) is 5.92. The lowest BCUT2D eigenvalue weighted by Crippen LogP contribution is -2.31. The lowest BCUT2D eigenvalue weighted by molar-refractivity contribution is 0.0942. The van der Waals surface area contributed by atoms with E-state index in [1.165, 1.54) is 11.3 Å². The summed E-state index contributed by atoms with van der Waals surface area (Å²) in [6, 6.07) is 7.20. The van der Waals surface area contributed by atoms with Crippen LogP contribution in [0.5, 0.6) is 0 Å². The highest BCUT2D eigenvalue weighted by atomic mass is 32.1. The summed E-state index contributed by atoms with van der Waals surface area (Å²) < 4.78 is 0. The van der Waals surface area contributed by atoms with Gasteiger partial charge < -0.3 is 10.6 Å². The van der Waals surface area contributed by atoms with E-state index in [4.69, 9.17) is 0 Å². The standard InChI is InChI=1S/C17H22N4O2S/c1-5-11(3)18-15(22)14-12(4)19-17(24-14)21-16(23)20-13-8-6-10(2)7-9-13/h6-9,11H,5H2,1-4H3,(H,18,22)(H2,19,20,21,23). The number of aromatic nitrogens is 1. The summed E-state index contributed by atoms with van der Waals surface area (Å²) >= 11 is 1.17. The molecule has 3 amide bonds. The van der Waals surface area contributed by atoms with Gasteiger partial charge in [-0.1, -0.05) is 36.0 Å². The van der Waals surface area contributed by atoms with Gasteiger partial charge >= 0.3 is 6.03 Å². The SMILES string of the molecule is CCC(C)NC(=O)c1sc(NC(=O)Nc2ccc(C)cc2)nc1C. The maximum atomic E-state index is 12.2. The van der Waals surface area contributed by atoms with Crippen LogP contribution in [0, 0.1) is 13.8 Å². The first kappa shape index (κ1) is 17.9. The van der Waals surface area contributed by atoms with Crippen LogP contribution in [0.1, 0.15) is 41.2 Å². The van der Waals surface area contributed by atoms with Crippen molar-refractivity contribution < 1.29 is 9.59 Å². The minimum absolute atomic E-state index is 0.0974. The number of nitrogens with one attached hydrogen (secondary N) is 3. The maximum absolute atomic E-state index is 12.2. The average Bonchev–Trinajstić information content (AvgIpc) is 2.89. The van der Waals surface area contributed by atoms with E-state index in [-0.39, 0.29) is 18.0 Å². The van der Waals surface area contributed by atoms with Crippen LogP contribution < -0.4 is 16.0 Å². The van der Waals surface area contributed by atoms with Crippen LogP contribution in [0.3, 0.4) is 0 Å². The molecular weight excluding hydrogens is 324 g/mol. The lowest BCUT2D eigenvalue weighted by atomic mass is 10.2. The second kappa shape index (κ2) is 7.92. The summed E-state index contributed by atoms with van der Waals surface area (Å²) in [5, 5.41) is 8.70. The fourth-order valence-corrected chi connectivity index (χ4v) is 2.81. The number of benzene rings is 1. The Labute approximate surface area is 145 Å². The molecule has 24 heavy (non-hydrogen) atoms. The lowest BCUT2D eigenvalue weighted by Gasteiger charge is -2.10. The van der Waals surface area contributed by atoms with Gasteiger partial charge in [0, 0.05) is 11.7 Å². The van der Waals surface area contributed by atoms with E-state index < -0.39 is 0 Å². The molecule has 6 nitrogen and oxygen atoms in total. The van der Waals surface area contributed by atoms with Crippen LogP contribution in [0.25, 0.3) is 0 Å².